The summed E-state index contributed by atoms with van der Waals surface area (Å²) < 4.78 is 12.4. The van der Waals surface area contributed by atoms with Gasteiger partial charge in [-0.2, -0.15) is 0 Å². The largest absolute Gasteiger partial charge is 0.494 e. The fraction of sp³-hybridized carbons (Fsp3) is 0.286. The van der Waals surface area contributed by atoms with Crippen LogP contribution < -0.4 is 5.46 Å². The number of aromatic nitrogens is 1. The Morgan fingerprint density at radius 3 is 2.38 bits per heavy atom. The van der Waals surface area contributed by atoms with Crippen molar-refractivity contribution in [3.05, 3.63) is 59.9 Å². The van der Waals surface area contributed by atoms with Gasteiger partial charge in [-0.1, -0.05) is 41.9 Å². The van der Waals surface area contributed by atoms with Crippen LogP contribution in [0, 0.1) is 0 Å². The molecule has 0 unspecified atom stereocenters. The second-order valence-electron chi connectivity index (χ2n) is 7.73. The van der Waals surface area contributed by atoms with Crippen LogP contribution in [0.4, 0.5) is 0 Å². The Balaban J connectivity index is 1.78. The van der Waals surface area contributed by atoms with Crippen molar-refractivity contribution in [3.8, 4) is 11.1 Å². The Kier molecular flexibility index (Phi) is 4.10. The molecule has 1 aliphatic heterocycles. The predicted octanol–water partition coefficient (Wildman–Crippen LogP) is 4.85. The topological polar surface area (TPSA) is 31.4 Å². The lowest BCUT2D eigenvalue weighted by molar-refractivity contribution is 0.00578. The Bertz CT molecular complexity index is 971. The summed E-state index contributed by atoms with van der Waals surface area (Å²) in [4.78, 5) is 4.20. The second kappa shape index (κ2) is 6.09. The maximum absolute atomic E-state index is 6.33. The van der Waals surface area contributed by atoms with Crippen LogP contribution in [0.5, 0.6) is 0 Å². The molecule has 0 radical (unpaired) electrons. The molecule has 132 valence electrons. The van der Waals surface area contributed by atoms with Gasteiger partial charge in [-0.3, -0.25) is 4.98 Å². The summed E-state index contributed by atoms with van der Waals surface area (Å²) in [7, 11) is -0.375. The van der Waals surface area contributed by atoms with Gasteiger partial charge < -0.3 is 9.31 Å². The number of pyridine rings is 1. The van der Waals surface area contributed by atoms with Gasteiger partial charge >= 0.3 is 7.12 Å². The molecule has 0 spiro atoms. The Labute approximate surface area is 159 Å². The molecule has 3 nitrogen and oxygen atoms in total. The minimum Gasteiger partial charge on any atom is -0.399 e. The van der Waals surface area contributed by atoms with E-state index in [2.05, 4.69) is 44.8 Å². The molecule has 1 fully saturated rings. The van der Waals surface area contributed by atoms with Crippen molar-refractivity contribution < 1.29 is 9.31 Å². The van der Waals surface area contributed by atoms with E-state index in [1.165, 1.54) is 0 Å². The highest BCUT2D eigenvalue weighted by Crippen LogP contribution is 2.37. The van der Waals surface area contributed by atoms with E-state index in [4.69, 9.17) is 20.9 Å². The summed E-state index contributed by atoms with van der Waals surface area (Å²) in [5.74, 6) is 0. The van der Waals surface area contributed by atoms with Crippen molar-refractivity contribution in [3.63, 3.8) is 0 Å². The van der Waals surface area contributed by atoms with Crippen molar-refractivity contribution in [1.82, 2.24) is 4.98 Å². The highest BCUT2D eigenvalue weighted by molar-refractivity contribution is 6.62. The molecule has 5 heteroatoms. The number of nitrogens with zero attached hydrogens (tertiary/aromatic N) is 1. The van der Waals surface area contributed by atoms with Crippen LogP contribution in [0.15, 0.2) is 54.9 Å². The van der Waals surface area contributed by atoms with Crippen LogP contribution in [0.1, 0.15) is 27.7 Å². The molecule has 1 aliphatic rings. The Morgan fingerprint density at radius 1 is 0.923 bits per heavy atom. The molecule has 0 saturated carbocycles. The minimum atomic E-state index is -0.375. The fourth-order valence-electron chi connectivity index (χ4n) is 3.24. The zero-order valence-corrected chi connectivity index (χ0v) is 16.2. The normalized spacial score (nSPS) is 18.4. The maximum atomic E-state index is 6.33. The summed E-state index contributed by atoms with van der Waals surface area (Å²) in [5.41, 5.74) is 2.52. The standard InChI is InChI=1S/C21H21BClNO2/c1-20(2)21(3,4)26-22(25-20)15-7-5-6-14(12-15)16-8-9-19(23)18-13-24-11-10-17(16)18/h5-13H,1-4H3. The Morgan fingerprint density at radius 2 is 1.65 bits per heavy atom. The van der Waals surface area contributed by atoms with Gasteiger partial charge in [0.2, 0.25) is 0 Å². The van der Waals surface area contributed by atoms with Crippen LogP contribution in [0.25, 0.3) is 21.9 Å². The third-order valence-electron chi connectivity index (χ3n) is 5.49. The Hall–Kier alpha value is -1.88. The van der Waals surface area contributed by atoms with Crippen LogP contribution in [-0.4, -0.2) is 23.3 Å². The monoisotopic (exact) mass is 365 g/mol. The van der Waals surface area contributed by atoms with Crippen molar-refractivity contribution in [2.45, 2.75) is 38.9 Å². The van der Waals surface area contributed by atoms with E-state index in [0.717, 1.165) is 27.4 Å². The number of hydrogen-bond acceptors (Lipinski definition) is 3. The first kappa shape index (κ1) is 17.5. The summed E-state index contributed by atoms with van der Waals surface area (Å²) in [6.45, 7) is 8.26. The molecule has 2 heterocycles. The molecule has 1 aromatic heterocycles. The molecule has 0 bridgehead atoms. The summed E-state index contributed by atoms with van der Waals surface area (Å²) >= 11 is 6.33. The molecule has 0 aliphatic carbocycles. The zero-order valence-electron chi connectivity index (χ0n) is 15.4. The molecule has 0 atom stereocenters. The summed E-state index contributed by atoms with van der Waals surface area (Å²) in [5, 5.41) is 2.74. The van der Waals surface area contributed by atoms with Crippen LogP contribution in [0.3, 0.4) is 0 Å². The third-order valence-corrected chi connectivity index (χ3v) is 5.82. The highest BCUT2D eigenvalue weighted by Gasteiger charge is 2.51. The van der Waals surface area contributed by atoms with Crippen LogP contribution in [0.2, 0.25) is 5.02 Å². The lowest BCUT2D eigenvalue weighted by Crippen LogP contribution is -2.41. The van der Waals surface area contributed by atoms with Gasteiger partial charge in [0.05, 0.1) is 11.2 Å². The predicted molar refractivity (Wildman–Crippen MR) is 108 cm³/mol. The van der Waals surface area contributed by atoms with Crippen LogP contribution >= 0.6 is 11.6 Å². The number of rotatable bonds is 2. The van der Waals surface area contributed by atoms with Gasteiger partial charge in [0, 0.05) is 22.8 Å². The average Bonchev–Trinajstić information content (AvgIpc) is 2.83. The number of halogens is 1. The molecule has 2 aromatic carbocycles. The first-order valence-corrected chi connectivity index (χ1v) is 9.14. The molecule has 26 heavy (non-hydrogen) atoms. The molecule has 4 rings (SSSR count). The van der Waals surface area contributed by atoms with Crippen molar-refractivity contribution >= 4 is 35.0 Å². The van der Waals surface area contributed by atoms with E-state index in [1.54, 1.807) is 12.4 Å². The molecule has 3 aromatic rings. The molecule has 0 amide bonds. The van der Waals surface area contributed by atoms with Gasteiger partial charge in [0.25, 0.3) is 0 Å². The molecular formula is C21H21BClNO2. The number of benzene rings is 2. The van der Waals surface area contributed by atoms with Gasteiger partial charge in [-0.25, -0.2) is 0 Å². The second-order valence-corrected chi connectivity index (χ2v) is 8.14. The lowest BCUT2D eigenvalue weighted by Gasteiger charge is -2.32. The van der Waals surface area contributed by atoms with Crippen molar-refractivity contribution in [2.75, 3.05) is 0 Å². The first-order valence-electron chi connectivity index (χ1n) is 8.77. The molecular weight excluding hydrogens is 345 g/mol. The number of fused-ring (bicyclic) bond motifs is 1. The van der Waals surface area contributed by atoms with Gasteiger partial charge in [-0.15, -0.1) is 0 Å². The lowest BCUT2D eigenvalue weighted by atomic mass is 9.78. The van der Waals surface area contributed by atoms with Crippen molar-refractivity contribution in [1.29, 1.82) is 0 Å². The summed E-state index contributed by atoms with van der Waals surface area (Å²) in [6.07, 6.45) is 3.60. The van der Waals surface area contributed by atoms with Gasteiger partial charge in [-0.05, 0) is 61.8 Å². The minimum absolute atomic E-state index is 0.355. The maximum Gasteiger partial charge on any atom is 0.494 e. The quantitative estimate of drug-likeness (QED) is 0.608. The molecule has 0 N–H and O–H groups in total. The van der Waals surface area contributed by atoms with E-state index in [1.807, 2.05) is 30.3 Å². The summed E-state index contributed by atoms with van der Waals surface area (Å²) in [6, 6.07) is 14.3. The first-order chi connectivity index (χ1) is 12.3. The van der Waals surface area contributed by atoms with Gasteiger partial charge in [0.1, 0.15) is 0 Å². The van der Waals surface area contributed by atoms with Crippen LogP contribution in [-0.2, 0) is 9.31 Å². The number of hydrogen-bond donors (Lipinski definition) is 0. The SMILES string of the molecule is CC1(C)OB(c2cccc(-c3ccc(Cl)c4cnccc34)c2)OC1(C)C. The van der Waals surface area contributed by atoms with E-state index < -0.39 is 0 Å². The van der Waals surface area contributed by atoms with E-state index >= 15 is 0 Å². The van der Waals surface area contributed by atoms with E-state index in [-0.39, 0.29) is 18.3 Å². The van der Waals surface area contributed by atoms with E-state index in [9.17, 15) is 0 Å². The highest BCUT2D eigenvalue weighted by atomic mass is 35.5. The van der Waals surface area contributed by atoms with Crippen molar-refractivity contribution in [2.24, 2.45) is 0 Å². The average molecular weight is 366 g/mol. The molecule has 1 saturated heterocycles. The zero-order chi connectivity index (χ0) is 18.5. The smallest absolute Gasteiger partial charge is 0.399 e. The third kappa shape index (κ3) is 2.82. The van der Waals surface area contributed by atoms with E-state index in [0.29, 0.717) is 5.02 Å². The van der Waals surface area contributed by atoms with Gasteiger partial charge in [0.15, 0.2) is 0 Å². The fourth-order valence-corrected chi connectivity index (χ4v) is 3.45.